The lowest BCUT2D eigenvalue weighted by atomic mass is 9.77. The predicted molar refractivity (Wildman–Crippen MR) is 108 cm³/mol. The SMILES string of the molecule is COc1ccc2c(c1)C1OCCCC1C(c1cc(Br)c(OC)c(OC)c1)N2. The maximum Gasteiger partial charge on any atom is 0.174 e. The van der Waals surface area contributed by atoms with Crippen LogP contribution in [0.2, 0.25) is 0 Å². The van der Waals surface area contributed by atoms with Crippen molar-refractivity contribution < 1.29 is 18.9 Å². The number of halogens is 1. The van der Waals surface area contributed by atoms with Crippen LogP contribution < -0.4 is 19.5 Å². The number of anilines is 1. The first kappa shape index (κ1) is 18.4. The summed E-state index contributed by atoms with van der Waals surface area (Å²) in [5, 5.41) is 3.73. The largest absolute Gasteiger partial charge is 0.497 e. The van der Waals surface area contributed by atoms with E-state index in [0.717, 1.165) is 46.7 Å². The maximum absolute atomic E-state index is 6.23. The van der Waals surface area contributed by atoms with E-state index >= 15 is 0 Å². The van der Waals surface area contributed by atoms with Crippen LogP contribution in [0.25, 0.3) is 0 Å². The molecule has 3 unspecified atom stereocenters. The smallest absolute Gasteiger partial charge is 0.174 e. The Morgan fingerprint density at radius 1 is 1.07 bits per heavy atom. The molecule has 6 heteroatoms. The highest BCUT2D eigenvalue weighted by molar-refractivity contribution is 9.10. The molecule has 2 aliphatic rings. The van der Waals surface area contributed by atoms with Gasteiger partial charge in [-0.1, -0.05) is 0 Å². The monoisotopic (exact) mass is 433 g/mol. The number of fused-ring (bicyclic) bond motifs is 3. The lowest BCUT2D eigenvalue weighted by Gasteiger charge is -2.43. The second-order valence-electron chi connectivity index (χ2n) is 6.91. The van der Waals surface area contributed by atoms with Crippen LogP contribution in [0.5, 0.6) is 17.2 Å². The molecule has 5 nitrogen and oxygen atoms in total. The van der Waals surface area contributed by atoms with Gasteiger partial charge in [-0.15, -0.1) is 0 Å². The molecule has 3 atom stereocenters. The number of rotatable bonds is 4. The van der Waals surface area contributed by atoms with Crippen molar-refractivity contribution in [3.05, 3.63) is 45.9 Å². The molecule has 2 aliphatic heterocycles. The number of benzene rings is 2. The Morgan fingerprint density at radius 3 is 2.67 bits per heavy atom. The van der Waals surface area contributed by atoms with Crippen molar-refractivity contribution in [2.75, 3.05) is 33.3 Å². The molecule has 1 N–H and O–H groups in total. The molecule has 2 aromatic rings. The standard InChI is InChI=1S/C21H24BrNO4/c1-24-13-6-7-17-15(11-13)20-14(5-4-8-27-20)19(23-17)12-9-16(22)21(26-3)18(10-12)25-2/h6-7,9-11,14,19-20,23H,4-5,8H2,1-3H3. The molecule has 27 heavy (non-hydrogen) atoms. The second kappa shape index (κ2) is 7.60. The Hall–Kier alpha value is -1.92. The van der Waals surface area contributed by atoms with Crippen LogP contribution in [-0.4, -0.2) is 27.9 Å². The number of methoxy groups -OCH3 is 3. The van der Waals surface area contributed by atoms with Crippen LogP contribution >= 0.6 is 15.9 Å². The fourth-order valence-corrected chi connectivity index (χ4v) is 4.84. The minimum Gasteiger partial charge on any atom is -0.497 e. The first-order valence-corrected chi connectivity index (χ1v) is 9.93. The normalized spacial score (nSPS) is 23.6. The Bertz CT molecular complexity index is 841. The van der Waals surface area contributed by atoms with Crippen molar-refractivity contribution in [1.82, 2.24) is 0 Å². The summed E-state index contributed by atoms with van der Waals surface area (Å²) in [7, 11) is 5.01. The number of hydrogen-bond acceptors (Lipinski definition) is 5. The molecule has 0 aromatic heterocycles. The molecule has 0 bridgehead atoms. The van der Waals surface area contributed by atoms with Crippen molar-refractivity contribution in [3.8, 4) is 17.2 Å². The molecule has 0 amide bonds. The molecule has 4 rings (SSSR count). The molecule has 1 saturated heterocycles. The second-order valence-corrected chi connectivity index (χ2v) is 7.77. The first-order valence-electron chi connectivity index (χ1n) is 9.13. The van der Waals surface area contributed by atoms with Gasteiger partial charge < -0.3 is 24.3 Å². The summed E-state index contributed by atoms with van der Waals surface area (Å²) >= 11 is 3.62. The Balaban J connectivity index is 1.78. The van der Waals surface area contributed by atoms with Gasteiger partial charge in [-0.25, -0.2) is 0 Å². The lowest BCUT2D eigenvalue weighted by Crippen LogP contribution is -2.36. The minimum absolute atomic E-state index is 0.0574. The van der Waals surface area contributed by atoms with Gasteiger partial charge in [0.2, 0.25) is 0 Å². The van der Waals surface area contributed by atoms with E-state index in [1.54, 1.807) is 21.3 Å². The summed E-state index contributed by atoms with van der Waals surface area (Å²) in [4.78, 5) is 0. The third kappa shape index (κ3) is 3.25. The van der Waals surface area contributed by atoms with Crippen molar-refractivity contribution in [2.24, 2.45) is 5.92 Å². The molecule has 1 fully saturated rings. The van der Waals surface area contributed by atoms with Crippen molar-refractivity contribution in [3.63, 3.8) is 0 Å². The molecule has 2 heterocycles. The number of nitrogens with one attached hydrogen (secondary N) is 1. The van der Waals surface area contributed by atoms with Gasteiger partial charge in [0.05, 0.1) is 37.9 Å². The van der Waals surface area contributed by atoms with E-state index in [2.05, 4.69) is 45.5 Å². The van der Waals surface area contributed by atoms with Gasteiger partial charge in [-0.2, -0.15) is 0 Å². The molecular weight excluding hydrogens is 410 g/mol. The summed E-state index contributed by atoms with van der Waals surface area (Å²) in [6.45, 7) is 0.792. The van der Waals surface area contributed by atoms with Gasteiger partial charge in [-0.05, 0) is 64.7 Å². The molecule has 0 spiro atoms. The van der Waals surface area contributed by atoms with E-state index in [9.17, 15) is 0 Å². The van der Waals surface area contributed by atoms with E-state index in [-0.39, 0.29) is 12.1 Å². The van der Waals surface area contributed by atoms with Crippen LogP contribution in [0.3, 0.4) is 0 Å². The quantitative estimate of drug-likeness (QED) is 0.725. The minimum atomic E-state index is 0.0574. The molecular formula is C21H24BrNO4. The highest BCUT2D eigenvalue weighted by atomic mass is 79.9. The van der Waals surface area contributed by atoms with E-state index in [0.29, 0.717) is 11.7 Å². The number of ether oxygens (including phenoxy) is 4. The zero-order chi connectivity index (χ0) is 19.0. The average Bonchev–Trinajstić information content (AvgIpc) is 2.72. The number of hydrogen-bond donors (Lipinski definition) is 1. The van der Waals surface area contributed by atoms with Crippen LogP contribution in [0, 0.1) is 5.92 Å². The average molecular weight is 434 g/mol. The summed E-state index contributed by atoms with van der Waals surface area (Å²) in [6.07, 6.45) is 2.22. The lowest BCUT2D eigenvalue weighted by molar-refractivity contribution is -0.0382. The van der Waals surface area contributed by atoms with Gasteiger partial charge in [0.25, 0.3) is 0 Å². The van der Waals surface area contributed by atoms with Gasteiger partial charge in [0.1, 0.15) is 5.75 Å². The van der Waals surface area contributed by atoms with E-state index in [1.807, 2.05) is 6.07 Å². The summed E-state index contributed by atoms with van der Waals surface area (Å²) in [6, 6.07) is 10.4. The van der Waals surface area contributed by atoms with Crippen molar-refractivity contribution >= 4 is 21.6 Å². The molecule has 144 valence electrons. The Labute approximate surface area is 168 Å². The third-order valence-corrected chi connectivity index (χ3v) is 6.08. The predicted octanol–water partition coefficient (Wildman–Crippen LogP) is 5.11. The maximum atomic E-state index is 6.23. The van der Waals surface area contributed by atoms with Crippen LogP contribution in [0.1, 0.15) is 36.1 Å². The van der Waals surface area contributed by atoms with E-state index < -0.39 is 0 Å². The summed E-state index contributed by atoms with van der Waals surface area (Å²) in [5.41, 5.74) is 3.42. The van der Waals surface area contributed by atoms with Crippen molar-refractivity contribution in [1.29, 1.82) is 0 Å². The summed E-state index contributed by atoms with van der Waals surface area (Å²) < 4.78 is 23.6. The highest BCUT2D eigenvalue weighted by Crippen LogP contribution is 2.51. The van der Waals surface area contributed by atoms with Crippen LogP contribution in [0.4, 0.5) is 5.69 Å². The first-order chi connectivity index (χ1) is 13.2. The highest BCUT2D eigenvalue weighted by Gasteiger charge is 2.40. The fraction of sp³-hybridized carbons (Fsp3) is 0.429. The topological polar surface area (TPSA) is 49.0 Å². The molecule has 2 aromatic carbocycles. The van der Waals surface area contributed by atoms with Gasteiger partial charge in [0, 0.05) is 23.8 Å². The Kier molecular flexibility index (Phi) is 5.19. The van der Waals surface area contributed by atoms with Gasteiger partial charge in [-0.3, -0.25) is 0 Å². The van der Waals surface area contributed by atoms with Crippen LogP contribution in [0.15, 0.2) is 34.8 Å². The molecule has 0 radical (unpaired) electrons. The third-order valence-electron chi connectivity index (χ3n) is 5.49. The Morgan fingerprint density at radius 2 is 1.93 bits per heavy atom. The fourth-order valence-electron chi connectivity index (χ4n) is 4.22. The zero-order valence-electron chi connectivity index (χ0n) is 15.8. The van der Waals surface area contributed by atoms with Gasteiger partial charge >= 0.3 is 0 Å². The molecule has 0 saturated carbocycles. The van der Waals surface area contributed by atoms with E-state index in [4.69, 9.17) is 18.9 Å². The molecule has 0 aliphatic carbocycles. The summed E-state index contributed by atoms with van der Waals surface area (Å²) in [5.74, 6) is 2.62. The van der Waals surface area contributed by atoms with E-state index in [1.165, 1.54) is 5.56 Å². The van der Waals surface area contributed by atoms with Crippen molar-refractivity contribution in [2.45, 2.75) is 25.0 Å². The zero-order valence-corrected chi connectivity index (χ0v) is 17.3. The van der Waals surface area contributed by atoms with Gasteiger partial charge in [0.15, 0.2) is 11.5 Å². The van der Waals surface area contributed by atoms with Crippen LogP contribution in [-0.2, 0) is 4.74 Å².